The largest absolute Gasteiger partial charge is 0.396 e. The van der Waals surface area contributed by atoms with Gasteiger partial charge in [-0.25, -0.2) is 5.43 Å². The van der Waals surface area contributed by atoms with E-state index in [1.54, 1.807) is 0 Å². The highest BCUT2D eigenvalue weighted by Gasteiger charge is 2.32. The molecule has 3 N–H and O–H groups in total. The number of hydrogen-bond donors (Lipinski definition) is 3. The van der Waals surface area contributed by atoms with Crippen molar-refractivity contribution < 1.29 is 9.90 Å². The lowest BCUT2D eigenvalue weighted by atomic mass is 9.87. The fourth-order valence-electron chi connectivity index (χ4n) is 1.92. The fraction of sp³-hybridized carbons (Fsp3) is 0.364. The van der Waals surface area contributed by atoms with Gasteiger partial charge in [-0.15, -0.1) is 0 Å². The molecule has 0 radical (unpaired) electrons. The van der Waals surface area contributed by atoms with Crippen LogP contribution in [0.2, 0.25) is 0 Å². The number of benzene rings is 1. The average Bonchev–Trinajstić information content (AvgIpc) is 2.68. The van der Waals surface area contributed by atoms with Gasteiger partial charge in [0.1, 0.15) is 0 Å². The first-order chi connectivity index (χ1) is 7.33. The first-order valence-electron chi connectivity index (χ1n) is 5.01. The average molecular weight is 206 g/mol. The third kappa shape index (κ3) is 2.00. The maximum Gasteiger partial charge on any atom is 0.239 e. The van der Waals surface area contributed by atoms with Crippen LogP contribution in [0.3, 0.4) is 0 Å². The number of aliphatic hydroxyl groups excluding tert-OH is 1. The van der Waals surface area contributed by atoms with Crippen molar-refractivity contribution in [2.24, 2.45) is 5.92 Å². The molecule has 15 heavy (non-hydrogen) atoms. The lowest BCUT2D eigenvalue weighted by Crippen LogP contribution is -2.28. The maximum atomic E-state index is 11.5. The molecule has 1 aromatic rings. The molecule has 1 aliphatic heterocycles. The zero-order chi connectivity index (χ0) is 10.7. The molecule has 0 aromatic heterocycles. The number of carbonyl (C=O) groups excluding carboxylic acids is 1. The summed E-state index contributed by atoms with van der Waals surface area (Å²) in [4.78, 5) is 11.5. The molecular formula is C11H14N2O2. The Morgan fingerprint density at radius 3 is 2.67 bits per heavy atom. The summed E-state index contributed by atoms with van der Waals surface area (Å²) in [7, 11) is 0. The normalized spacial score (nSPS) is 22.5. The van der Waals surface area contributed by atoms with Crippen molar-refractivity contribution in [1.82, 2.24) is 10.9 Å². The standard InChI is InChI=1S/C11H14N2O2/c14-7-10(8-4-2-1-3-5-8)9-6-12-13-11(9)15/h1-5,9-10,12,14H,6-7H2,(H,13,15). The molecule has 80 valence electrons. The summed E-state index contributed by atoms with van der Waals surface area (Å²) >= 11 is 0. The number of aliphatic hydroxyl groups is 1. The predicted octanol–water partition coefficient (Wildman–Crippen LogP) is 0.0131. The SMILES string of the molecule is O=C1NNCC1C(CO)c1ccccc1. The Labute approximate surface area is 88.3 Å². The summed E-state index contributed by atoms with van der Waals surface area (Å²) in [6, 6.07) is 9.63. The highest BCUT2D eigenvalue weighted by molar-refractivity contribution is 5.81. The van der Waals surface area contributed by atoms with Crippen LogP contribution in [0, 0.1) is 5.92 Å². The number of hydrazine groups is 1. The highest BCUT2D eigenvalue weighted by Crippen LogP contribution is 2.25. The predicted molar refractivity (Wildman–Crippen MR) is 55.9 cm³/mol. The summed E-state index contributed by atoms with van der Waals surface area (Å²) in [6.45, 7) is 0.558. The Morgan fingerprint density at radius 2 is 2.13 bits per heavy atom. The van der Waals surface area contributed by atoms with Crippen LogP contribution < -0.4 is 10.9 Å². The molecule has 1 fully saturated rings. The summed E-state index contributed by atoms with van der Waals surface area (Å²) in [5.74, 6) is -0.350. The maximum absolute atomic E-state index is 11.5. The minimum atomic E-state index is -0.183. The molecule has 4 heteroatoms. The molecule has 0 aliphatic carbocycles. The minimum absolute atomic E-state index is 0.0101. The quantitative estimate of drug-likeness (QED) is 0.653. The molecule has 1 saturated heterocycles. The van der Waals surface area contributed by atoms with E-state index in [9.17, 15) is 9.90 Å². The molecule has 1 amide bonds. The Kier molecular flexibility index (Phi) is 2.99. The van der Waals surface area contributed by atoms with Gasteiger partial charge in [0, 0.05) is 12.5 Å². The summed E-state index contributed by atoms with van der Waals surface area (Å²) in [5.41, 5.74) is 6.35. The van der Waals surface area contributed by atoms with Crippen molar-refractivity contribution in [2.45, 2.75) is 5.92 Å². The van der Waals surface area contributed by atoms with Crippen LogP contribution in [0.4, 0.5) is 0 Å². The van der Waals surface area contributed by atoms with Gasteiger partial charge in [-0.2, -0.15) is 0 Å². The Morgan fingerprint density at radius 1 is 1.40 bits per heavy atom. The van der Waals surface area contributed by atoms with E-state index in [0.717, 1.165) is 5.56 Å². The van der Waals surface area contributed by atoms with Crippen molar-refractivity contribution in [2.75, 3.05) is 13.2 Å². The molecular weight excluding hydrogens is 192 g/mol. The van der Waals surface area contributed by atoms with E-state index >= 15 is 0 Å². The van der Waals surface area contributed by atoms with Gasteiger partial charge in [-0.05, 0) is 5.56 Å². The van der Waals surface area contributed by atoms with Gasteiger partial charge < -0.3 is 5.11 Å². The molecule has 1 heterocycles. The molecule has 4 nitrogen and oxygen atoms in total. The van der Waals surface area contributed by atoms with Crippen molar-refractivity contribution in [3.8, 4) is 0 Å². The van der Waals surface area contributed by atoms with E-state index in [1.165, 1.54) is 0 Å². The Hall–Kier alpha value is -1.39. The summed E-state index contributed by atoms with van der Waals surface area (Å²) in [5, 5.41) is 9.35. The number of hydrogen-bond acceptors (Lipinski definition) is 3. The van der Waals surface area contributed by atoms with Gasteiger partial charge >= 0.3 is 0 Å². The van der Waals surface area contributed by atoms with Crippen LogP contribution >= 0.6 is 0 Å². The molecule has 0 bridgehead atoms. The van der Waals surface area contributed by atoms with Crippen LogP contribution in [-0.2, 0) is 4.79 Å². The van der Waals surface area contributed by atoms with Crippen LogP contribution in [0.1, 0.15) is 11.5 Å². The number of nitrogens with one attached hydrogen (secondary N) is 2. The Bertz CT molecular complexity index is 340. The van der Waals surface area contributed by atoms with E-state index < -0.39 is 0 Å². The van der Waals surface area contributed by atoms with E-state index in [0.29, 0.717) is 6.54 Å². The van der Waals surface area contributed by atoms with E-state index in [1.807, 2.05) is 30.3 Å². The zero-order valence-electron chi connectivity index (χ0n) is 8.31. The van der Waals surface area contributed by atoms with E-state index in [4.69, 9.17) is 0 Å². The van der Waals surface area contributed by atoms with Crippen LogP contribution in [0.5, 0.6) is 0 Å². The summed E-state index contributed by atoms with van der Waals surface area (Å²) in [6.07, 6.45) is 0. The smallest absolute Gasteiger partial charge is 0.239 e. The third-order valence-corrected chi connectivity index (χ3v) is 2.78. The molecule has 0 saturated carbocycles. The van der Waals surface area contributed by atoms with Crippen molar-refractivity contribution in [3.05, 3.63) is 35.9 Å². The van der Waals surface area contributed by atoms with Gasteiger partial charge in [0.05, 0.1) is 12.5 Å². The second kappa shape index (κ2) is 4.42. The zero-order valence-corrected chi connectivity index (χ0v) is 8.31. The van der Waals surface area contributed by atoms with Crippen LogP contribution in [0.25, 0.3) is 0 Å². The lowest BCUT2D eigenvalue weighted by molar-refractivity contribution is -0.123. The van der Waals surface area contributed by atoms with Gasteiger partial charge in [0.15, 0.2) is 0 Å². The monoisotopic (exact) mass is 206 g/mol. The number of rotatable bonds is 3. The van der Waals surface area contributed by atoms with E-state index in [-0.39, 0.29) is 24.3 Å². The van der Waals surface area contributed by atoms with Gasteiger partial charge in [0.2, 0.25) is 5.91 Å². The molecule has 2 rings (SSSR count). The number of amides is 1. The van der Waals surface area contributed by atoms with E-state index in [2.05, 4.69) is 10.9 Å². The fourth-order valence-corrected chi connectivity index (χ4v) is 1.92. The second-order valence-electron chi connectivity index (χ2n) is 3.68. The first kappa shape index (κ1) is 10.1. The Balaban J connectivity index is 2.20. The second-order valence-corrected chi connectivity index (χ2v) is 3.68. The van der Waals surface area contributed by atoms with Gasteiger partial charge in [0.25, 0.3) is 0 Å². The minimum Gasteiger partial charge on any atom is -0.396 e. The molecule has 2 atom stereocenters. The molecule has 0 spiro atoms. The molecule has 1 aromatic carbocycles. The van der Waals surface area contributed by atoms with Crippen molar-refractivity contribution in [1.29, 1.82) is 0 Å². The van der Waals surface area contributed by atoms with Crippen LogP contribution in [-0.4, -0.2) is 24.2 Å². The highest BCUT2D eigenvalue weighted by atomic mass is 16.3. The first-order valence-corrected chi connectivity index (χ1v) is 5.01. The third-order valence-electron chi connectivity index (χ3n) is 2.78. The van der Waals surface area contributed by atoms with Gasteiger partial charge in [-0.3, -0.25) is 10.2 Å². The van der Waals surface area contributed by atoms with Gasteiger partial charge in [-0.1, -0.05) is 30.3 Å². The molecule has 2 unspecified atom stereocenters. The molecule has 1 aliphatic rings. The van der Waals surface area contributed by atoms with Crippen molar-refractivity contribution >= 4 is 5.91 Å². The van der Waals surface area contributed by atoms with Crippen LogP contribution in [0.15, 0.2) is 30.3 Å². The number of carbonyl (C=O) groups is 1. The summed E-state index contributed by atoms with van der Waals surface area (Å²) < 4.78 is 0. The topological polar surface area (TPSA) is 61.4 Å². The lowest BCUT2D eigenvalue weighted by Gasteiger charge is -2.18. The van der Waals surface area contributed by atoms with Crippen molar-refractivity contribution in [3.63, 3.8) is 0 Å².